The number of alkyl halides is 1. The first-order valence-corrected chi connectivity index (χ1v) is 9.29. The number of aryl methyl sites for hydroxylation is 1. The summed E-state index contributed by atoms with van der Waals surface area (Å²) >= 11 is 0. The molecule has 1 atom stereocenters. The third-order valence-electron chi connectivity index (χ3n) is 5.24. The van der Waals surface area contributed by atoms with Crippen LogP contribution in [0, 0.1) is 12.7 Å². The molecule has 0 saturated carbocycles. The molecule has 30 heavy (non-hydrogen) atoms. The van der Waals surface area contributed by atoms with E-state index in [9.17, 15) is 4.39 Å². The minimum absolute atomic E-state index is 0.0324. The maximum Gasteiger partial charge on any atom is 0.155 e. The molecule has 1 unspecified atom stereocenters. The normalized spacial score (nSPS) is 22.0. The van der Waals surface area contributed by atoms with Gasteiger partial charge in [-0.2, -0.15) is 10.2 Å². The van der Waals surface area contributed by atoms with Crippen LogP contribution in [0.2, 0.25) is 0 Å². The number of pyridine rings is 2. The molecule has 154 valence electrons. The smallest absolute Gasteiger partial charge is 0.155 e. The van der Waals surface area contributed by atoms with Crippen molar-refractivity contribution < 1.29 is 20.4 Å². The molecule has 0 aliphatic carbocycles. The van der Waals surface area contributed by atoms with E-state index in [1.807, 2.05) is 13.0 Å². The van der Waals surface area contributed by atoms with Crippen LogP contribution in [0.15, 0.2) is 30.6 Å². The van der Waals surface area contributed by atoms with Crippen LogP contribution in [0.4, 0.5) is 8.78 Å². The molecule has 0 radical (unpaired) electrons. The van der Waals surface area contributed by atoms with Crippen molar-refractivity contribution >= 4 is 11.0 Å². The molecule has 0 saturated heterocycles. The maximum atomic E-state index is 15.9. The minimum Gasteiger partial charge on any atom is -0.381 e. The molecule has 1 aliphatic rings. The molecular weight excluding hydrogens is 390 g/mol. The number of hydrogen-bond acceptors (Lipinski definition) is 5. The van der Waals surface area contributed by atoms with E-state index >= 15 is 4.39 Å². The molecule has 0 fully saturated rings. The highest BCUT2D eigenvalue weighted by Gasteiger charge is 2.38. The van der Waals surface area contributed by atoms with Gasteiger partial charge in [0.25, 0.3) is 0 Å². The fourth-order valence-electron chi connectivity index (χ4n) is 3.93. The van der Waals surface area contributed by atoms with Gasteiger partial charge < -0.3 is 4.74 Å². The summed E-state index contributed by atoms with van der Waals surface area (Å²) in [5.41, 5.74) is 1.15. The number of nitrogens with one attached hydrogen (secondary N) is 1. The van der Waals surface area contributed by atoms with E-state index in [2.05, 4.69) is 30.0 Å². The summed E-state index contributed by atoms with van der Waals surface area (Å²) in [4.78, 5) is 8.58. The molecule has 0 bridgehead atoms. The minimum atomic E-state index is -3.12. The SMILES string of the molecule is [2H]C([2H])([2H])OC([2H])([2H])C1(F)CCc2c(-c3cc(C)nc4[nH]ncc34)c(-c3ccc(F)cn3)nn2C1. The lowest BCUT2D eigenvalue weighted by atomic mass is 9.91. The summed E-state index contributed by atoms with van der Waals surface area (Å²) in [7, 11) is -3.12. The molecule has 9 heteroatoms. The van der Waals surface area contributed by atoms with Crippen LogP contribution in [0.5, 0.6) is 0 Å². The zero-order valence-electron chi connectivity index (χ0n) is 20.9. The first-order chi connectivity index (χ1) is 16.4. The van der Waals surface area contributed by atoms with Crippen LogP contribution in [0.3, 0.4) is 0 Å². The van der Waals surface area contributed by atoms with Crippen LogP contribution in [-0.2, 0) is 17.7 Å². The Morgan fingerprint density at radius 2 is 2.30 bits per heavy atom. The zero-order chi connectivity index (χ0) is 25.2. The number of nitrogens with zero attached hydrogens (tertiary/aromatic N) is 5. The van der Waals surface area contributed by atoms with Crippen LogP contribution in [0.1, 0.15) is 24.7 Å². The van der Waals surface area contributed by atoms with Gasteiger partial charge >= 0.3 is 0 Å². The third kappa shape index (κ3) is 3.06. The van der Waals surface area contributed by atoms with Crippen LogP contribution < -0.4 is 0 Å². The van der Waals surface area contributed by atoms with Gasteiger partial charge in [-0.25, -0.2) is 13.8 Å². The topological polar surface area (TPSA) is 81.5 Å². The third-order valence-corrected chi connectivity index (χ3v) is 5.24. The highest BCUT2D eigenvalue weighted by atomic mass is 19.1. The number of aromatic nitrogens is 6. The Kier molecular flexibility index (Phi) is 3.22. The number of hydrogen-bond donors (Lipinski definition) is 1. The van der Waals surface area contributed by atoms with Gasteiger partial charge in [0, 0.05) is 34.9 Å². The quantitative estimate of drug-likeness (QED) is 0.550. The number of halogens is 2. The van der Waals surface area contributed by atoms with Crippen LogP contribution in [0.25, 0.3) is 33.5 Å². The highest BCUT2D eigenvalue weighted by molar-refractivity contribution is 5.97. The van der Waals surface area contributed by atoms with Crippen molar-refractivity contribution in [2.45, 2.75) is 32.0 Å². The summed E-state index contributed by atoms with van der Waals surface area (Å²) < 4.78 is 73.1. The Balaban J connectivity index is 1.69. The summed E-state index contributed by atoms with van der Waals surface area (Å²) in [6.07, 6.45) is 2.34. The van der Waals surface area contributed by atoms with Crippen molar-refractivity contribution in [3.05, 3.63) is 47.8 Å². The van der Waals surface area contributed by atoms with E-state index in [1.165, 1.54) is 16.8 Å². The van der Waals surface area contributed by atoms with Gasteiger partial charge in [0.15, 0.2) is 11.3 Å². The first-order valence-electron chi connectivity index (χ1n) is 11.8. The van der Waals surface area contributed by atoms with Gasteiger partial charge in [-0.15, -0.1) is 0 Å². The summed E-state index contributed by atoms with van der Waals surface area (Å²) in [5.74, 6) is -0.533. The molecule has 0 spiro atoms. The number of ether oxygens (including phenoxy) is 1. The second kappa shape index (κ2) is 6.94. The van der Waals surface area contributed by atoms with Gasteiger partial charge in [0.2, 0.25) is 0 Å². The second-order valence-electron chi connectivity index (χ2n) is 7.30. The first kappa shape index (κ1) is 13.9. The number of rotatable bonds is 4. The molecule has 5 rings (SSSR count). The average Bonchev–Trinajstić information content (AvgIpc) is 3.36. The number of H-pyrrole nitrogens is 1. The molecule has 0 amide bonds. The van der Waals surface area contributed by atoms with E-state index in [4.69, 9.17) is 6.85 Å². The van der Waals surface area contributed by atoms with E-state index in [0.717, 1.165) is 6.20 Å². The molecule has 0 aromatic carbocycles. The molecular formula is C21H20F2N6O. The molecule has 4 aromatic heterocycles. The van der Waals surface area contributed by atoms with E-state index < -0.39 is 31.6 Å². The van der Waals surface area contributed by atoms with Crippen molar-refractivity contribution in [3.8, 4) is 22.5 Å². The molecule has 1 N–H and O–H groups in total. The van der Waals surface area contributed by atoms with Gasteiger partial charge in [0.05, 0.1) is 38.0 Å². The summed E-state index contributed by atoms with van der Waals surface area (Å²) in [5, 5.41) is 12.1. The Hall–Kier alpha value is -3.20. The van der Waals surface area contributed by atoms with Crippen molar-refractivity contribution in [1.82, 2.24) is 29.9 Å². The van der Waals surface area contributed by atoms with Gasteiger partial charge in [-0.3, -0.25) is 14.8 Å². The summed E-state index contributed by atoms with van der Waals surface area (Å²) in [6.45, 7) is -1.87. The van der Waals surface area contributed by atoms with Crippen LogP contribution in [-0.4, -0.2) is 49.2 Å². The highest BCUT2D eigenvalue weighted by Crippen LogP contribution is 2.41. The number of fused-ring (bicyclic) bond motifs is 2. The largest absolute Gasteiger partial charge is 0.381 e. The van der Waals surface area contributed by atoms with Crippen molar-refractivity contribution in [1.29, 1.82) is 0 Å². The van der Waals surface area contributed by atoms with Crippen molar-refractivity contribution in [2.24, 2.45) is 0 Å². The predicted molar refractivity (Wildman–Crippen MR) is 107 cm³/mol. The van der Waals surface area contributed by atoms with Gasteiger partial charge in [-0.05, 0) is 38.0 Å². The second-order valence-corrected chi connectivity index (χ2v) is 7.30. The molecule has 7 nitrogen and oxygen atoms in total. The molecule has 1 aliphatic heterocycles. The van der Waals surface area contributed by atoms with Crippen LogP contribution >= 0.6 is 0 Å². The Labute approximate surface area is 178 Å². The van der Waals surface area contributed by atoms with E-state index in [-0.39, 0.29) is 12.8 Å². The number of aromatic amines is 1. The molecule has 5 heterocycles. The average molecular weight is 415 g/mol. The van der Waals surface area contributed by atoms with Crippen molar-refractivity contribution in [3.63, 3.8) is 0 Å². The zero-order valence-corrected chi connectivity index (χ0v) is 15.9. The lowest BCUT2D eigenvalue weighted by Crippen LogP contribution is -2.39. The van der Waals surface area contributed by atoms with E-state index in [1.54, 1.807) is 6.20 Å². The van der Waals surface area contributed by atoms with Gasteiger partial charge in [0.1, 0.15) is 11.5 Å². The monoisotopic (exact) mass is 415 g/mol. The Morgan fingerprint density at radius 3 is 3.10 bits per heavy atom. The van der Waals surface area contributed by atoms with E-state index in [0.29, 0.717) is 44.9 Å². The molecule has 4 aromatic rings. The van der Waals surface area contributed by atoms with Crippen molar-refractivity contribution in [2.75, 3.05) is 13.6 Å². The predicted octanol–water partition coefficient (Wildman–Crippen LogP) is 3.63. The fraction of sp³-hybridized carbons (Fsp3) is 0.333. The number of methoxy groups -OCH3 is 1. The fourth-order valence-corrected chi connectivity index (χ4v) is 3.93. The Morgan fingerprint density at radius 1 is 1.40 bits per heavy atom. The lowest BCUT2D eigenvalue weighted by Gasteiger charge is -2.30. The summed E-state index contributed by atoms with van der Waals surface area (Å²) in [6, 6.07) is 4.52. The lowest BCUT2D eigenvalue weighted by molar-refractivity contribution is 0.0100. The van der Waals surface area contributed by atoms with Gasteiger partial charge in [-0.1, -0.05) is 0 Å². The Bertz CT molecular complexity index is 1420. The standard InChI is InChI=1S/C21H20F2N6O/c1-12-7-14(15-9-25-27-20(15)26-12)18-17-5-6-21(23,11-30-2)10-29(17)28-19(18)16-4-3-13(22)8-24-16/h3-4,7-9H,5-6,10-11H2,1-2H3,(H,25,26,27)/i2D3,11D2. The maximum absolute atomic E-state index is 15.9.